The molecule has 2 nitrogen and oxygen atoms in total. The molecule has 0 aliphatic heterocycles. The van der Waals surface area contributed by atoms with E-state index in [1.165, 1.54) is 37.7 Å². The van der Waals surface area contributed by atoms with Crippen LogP contribution in [-0.2, 0) is 9.16 Å². The number of hydrogen-bond acceptors (Lipinski definition) is 2. The smallest absolute Gasteiger partial charge is 0.188 e. The van der Waals surface area contributed by atoms with Crippen molar-refractivity contribution in [2.45, 2.75) is 51.7 Å². The van der Waals surface area contributed by atoms with Crippen LogP contribution in [0, 0.1) is 0 Å². The molecule has 0 aromatic heterocycles. The van der Waals surface area contributed by atoms with Crippen LogP contribution < -0.4 is 0 Å². The number of rotatable bonds is 4. The molecule has 1 aliphatic carbocycles. The van der Waals surface area contributed by atoms with E-state index in [-0.39, 0.29) is 0 Å². The molecule has 0 heterocycles. The molecular formula is C11H22O2Si. The van der Waals surface area contributed by atoms with Crippen molar-refractivity contribution in [3.63, 3.8) is 0 Å². The van der Waals surface area contributed by atoms with Gasteiger partial charge in [0, 0.05) is 0 Å². The Labute approximate surface area is 88.4 Å². The van der Waals surface area contributed by atoms with Gasteiger partial charge < -0.3 is 9.16 Å². The Kier molecular flexibility index (Phi) is 4.68. The van der Waals surface area contributed by atoms with Gasteiger partial charge in [0.05, 0.1) is 6.26 Å². The van der Waals surface area contributed by atoms with Crippen LogP contribution in [0.1, 0.15) is 32.1 Å². The standard InChI is InChI=1S/C11H22O2Si/c1-14(2,3)13-10-12-9-11-7-5-4-6-8-11/h9H,4-8,10H2,1-3H3. The summed E-state index contributed by atoms with van der Waals surface area (Å²) in [6, 6.07) is 0. The lowest BCUT2D eigenvalue weighted by molar-refractivity contribution is 0.0723. The van der Waals surface area contributed by atoms with E-state index < -0.39 is 8.32 Å². The molecule has 0 unspecified atom stereocenters. The van der Waals surface area contributed by atoms with Crippen molar-refractivity contribution in [3.05, 3.63) is 11.8 Å². The minimum atomic E-state index is -1.40. The van der Waals surface area contributed by atoms with E-state index in [2.05, 4.69) is 19.6 Å². The van der Waals surface area contributed by atoms with Crippen LogP contribution >= 0.6 is 0 Å². The zero-order chi connectivity index (χ0) is 10.4. The summed E-state index contributed by atoms with van der Waals surface area (Å²) in [5.74, 6) is 0. The lowest BCUT2D eigenvalue weighted by Gasteiger charge is -2.17. The minimum Gasteiger partial charge on any atom is -0.476 e. The van der Waals surface area contributed by atoms with E-state index in [4.69, 9.17) is 9.16 Å². The second-order valence-electron chi connectivity index (χ2n) is 4.88. The SMILES string of the molecule is C[Si](C)(C)OCOC=C1CCCCC1. The Balaban J connectivity index is 2.13. The normalized spacial score (nSPS) is 18.1. The molecule has 82 valence electrons. The van der Waals surface area contributed by atoms with Gasteiger partial charge in [-0.15, -0.1) is 0 Å². The quantitative estimate of drug-likeness (QED) is 0.308. The van der Waals surface area contributed by atoms with Crippen molar-refractivity contribution in [3.8, 4) is 0 Å². The molecule has 0 aromatic rings. The van der Waals surface area contributed by atoms with Gasteiger partial charge in [-0.05, 0) is 50.9 Å². The Morgan fingerprint density at radius 3 is 2.36 bits per heavy atom. The van der Waals surface area contributed by atoms with Crippen LogP contribution in [-0.4, -0.2) is 15.1 Å². The maximum absolute atomic E-state index is 5.59. The molecule has 0 spiro atoms. The molecule has 0 aromatic carbocycles. The minimum absolute atomic E-state index is 0.430. The van der Waals surface area contributed by atoms with Crippen molar-refractivity contribution in [1.82, 2.24) is 0 Å². The summed E-state index contributed by atoms with van der Waals surface area (Å²) < 4.78 is 11.0. The van der Waals surface area contributed by atoms with Crippen molar-refractivity contribution in [2.75, 3.05) is 6.79 Å². The van der Waals surface area contributed by atoms with Crippen LogP contribution in [0.15, 0.2) is 11.8 Å². The molecule has 1 aliphatic rings. The van der Waals surface area contributed by atoms with Gasteiger partial charge in [0.25, 0.3) is 0 Å². The first-order chi connectivity index (χ1) is 6.58. The highest BCUT2D eigenvalue weighted by molar-refractivity contribution is 6.69. The molecular weight excluding hydrogens is 192 g/mol. The van der Waals surface area contributed by atoms with E-state index in [0.29, 0.717) is 6.79 Å². The van der Waals surface area contributed by atoms with Crippen molar-refractivity contribution in [2.24, 2.45) is 0 Å². The van der Waals surface area contributed by atoms with Crippen molar-refractivity contribution < 1.29 is 9.16 Å². The Morgan fingerprint density at radius 1 is 1.14 bits per heavy atom. The van der Waals surface area contributed by atoms with E-state index >= 15 is 0 Å². The molecule has 0 radical (unpaired) electrons. The van der Waals surface area contributed by atoms with Crippen LogP contribution in [0.25, 0.3) is 0 Å². The first-order valence-corrected chi connectivity index (χ1v) is 8.92. The predicted molar refractivity (Wildman–Crippen MR) is 61.6 cm³/mol. The van der Waals surface area contributed by atoms with Crippen LogP contribution in [0.5, 0.6) is 0 Å². The molecule has 0 bridgehead atoms. The number of hydrogen-bond donors (Lipinski definition) is 0. The fourth-order valence-corrected chi connectivity index (χ4v) is 1.91. The van der Waals surface area contributed by atoms with Gasteiger partial charge in [0.15, 0.2) is 15.1 Å². The van der Waals surface area contributed by atoms with Gasteiger partial charge >= 0.3 is 0 Å². The maximum Gasteiger partial charge on any atom is 0.188 e. The lowest BCUT2D eigenvalue weighted by atomic mass is 9.96. The molecule has 3 heteroatoms. The second kappa shape index (κ2) is 5.56. The van der Waals surface area contributed by atoms with Crippen molar-refractivity contribution >= 4 is 8.32 Å². The maximum atomic E-state index is 5.59. The van der Waals surface area contributed by atoms with Crippen LogP contribution in [0.4, 0.5) is 0 Å². The first-order valence-electron chi connectivity index (χ1n) is 5.51. The van der Waals surface area contributed by atoms with Crippen LogP contribution in [0.2, 0.25) is 19.6 Å². The van der Waals surface area contributed by atoms with Gasteiger partial charge in [-0.3, -0.25) is 0 Å². The van der Waals surface area contributed by atoms with Crippen LogP contribution in [0.3, 0.4) is 0 Å². The summed E-state index contributed by atoms with van der Waals surface area (Å²) >= 11 is 0. The van der Waals surface area contributed by atoms with Gasteiger partial charge in [0.1, 0.15) is 0 Å². The number of ether oxygens (including phenoxy) is 1. The topological polar surface area (TPSA) is 18.5 Å². The molecule has 0 amide bonds. The van der Waals surface area contributed by atoms with Crippen molar-refractivity contribution in [1.29, 1.82) is 0 Å². The van der Waals surface area contributed by atoms with E-state index in [0.717, 1.165) is 0 Å². The summed E-state index contributed by atoms with van der Waals surface area (Å²) in [5, 5.41) is 0. The van der Waals surface area contributed by atoms with E-state index in [1.54, 1.807) is 0 Å². The highest BCUT2D eigenvalue weighted by Crippen LogP contribution is 2.22. The molecule has 1 saturated carbocycles. The fraction of sp³-hybridized carbons (Fsp3) is 0.818. The Hall–Kier alpha value is -0.283. The molecule has 1 fully saturated rings. The monoisotopic (exact) mass is 214 g/mol. The highest BCUT2D eigenvalue weighted by atomic mass is 28.4. The molecule has 0 N–H and O–H groups in total. The zero-order valence-corrected chi connectivity index (χ0v) is 10.6. The fourth-order valence-electron chi connectivity index (χ4n) is 1.49. The summed E-state index contributed by atoms with van der Waals surface area (Å²) in [4.78, 5) is 0. The molecule has 0 atom stereocenters. The summed E-state index contributed by atoms with van der Waals surface area (Å²) in [6.45, 7) is 6.94. The zero-order valence-electron chi connectivity index (χ0n) is 9.64. The average molecular weight is 214 g/mol. The van der Waals surface area contributed by atoms with E-state index in [9.17, 15) is 0 Å². The molecule has 1 rings (SSSR count). The largest absolute Gasteiger partial charge is 0.476 e. The van der Waals surface area contributed by atoms with Gasteiger partial charge in [-0.25, -0.2) is 0 Å². The first kappa shape index (κ1) is 11.8. The molecule has 0 saturated heterocycles. The summed E-state index contributed by atoms with van der Waals surface area (Å²) in [5.41, 5.74) is 1.45. The predicted octanol–water partition coefficient (Wildman–Crippen LogP) is 3.66. The van der Waals surface area contributed by atoms with Gasteiger partial charge in [-0.2, -0.15) is 0 Å². The number of allylic oxidation sites excluding steroid dienone is 1. The lowest BCUT2D eigenvalue weighted by Crippen LogP contribution is -2.26. The van der Waals surface area contributed by atoms with Gasteiger partial charge in [-0.1, -0.05) is 6.42 Å². The Bertz CT molecular complexity index is 186. The summed E-state index contributed by atoms with van der Waals surface area (Å²) in [6.07, 6.45) is 8.37. The Morgan fingerprint density at radius 2 is 1.79 bits per heavy atom. The van der Waals surface area contributed by atoms with E-state index in [1.807, 2.05) is 6.26 Å². The third kappa shape index (κ3) is 5.45. The third-order valence-electron chi connectivity index (χ3n) is 2.31. The van der Waals surface area contributed by atoms with Gasteiger partial charge in [0.2, 0.25) is 0 Å². The second-order valence-corrected chi connectivity index (χ2v) is 9.39. The summed E-state index contributed by atoms with van der Waals surface area (Å²) in [7, 11) is -1.40. The highest BCUT2D eigenvalue weighted by Gasteiger charge is 2.13. The molecule has 14 heavy (non-hydrogen) atoms. The average Bonchev–Trinajstić information content (AvgIpc) is 2.13. The third-order valence-corrected chi connectivity index (χ3v) is 3.29.